The number of aromatic nitrogens is 8. The van der Waals surface area contributed by atoms with Crippen molar-refractivity contribution in [3.05, 3.63) is 64.7 Å². The highest BCUT2D eigenvalue weighted by molar-refractivity contribution is 6.34. The first-order chi connectivity index (χ1) is 22.9. The lowest BCUT2D eigenvalue weighted by molar-refractivity contribution is -0.0485. The van der Waals surface area contributed by atoms with Gasteiger partial charge in [-0.2, -0.15) is 15.0 Å². The van der Waals surface area contributed by atoms with Gasteiger partial charge in [0.15, 0.2) is 0 Å². The second-order valence-electron chi connectivity index (χ2n) is 13.3. The van der Waals surface area contributed by atoms with Gasteiger partial charge >= 0.3 is 6.09 Å². The molecule has 1 saturated heterocycles. The van der Waals surface area contributed by atoms with Gasteiger partial charge in [-0.25, -0.2) is 9.31 Å². The highest BCUT2D eigenvalue weighted by Gasteiger charge is 2.30. The summed E-state index contributed by atoms with van der Waals surface area (Å²) in [6, 6.07) is 9.44. The second kappa shape index (κ2) is 12.3. The van der Waals surface area contributed by atoms with E-state index in [2.05, 4.69) is 25.8 Å². The number of nitrogens with zero attached hydrogens (tertiary/aromatic N) is 9. The van der Waals surface area contributed by atoms with Crippen molar-refractivity contribution in [2.24, 2.45) is 0 Å². The predicted octanol–water partition coefficient (Wildman–Crippen LogP) is 5.34. The number of morpholine rings is 1. The summed E-state index contributed by atoms with van der Waals surface area (Å²) in [4.78, 5) is 29.6. The molecule has 5 heterocycles. The molecule has 1 atom stereocenters. The van der Waals surface area contributed by atoms with Gasteiger partial charge in [0.1, 0.15) is 5.60 Å². The first kappa shape index (κ1) is 31.8. The van der Waals surface area contributed by atoms with Crippen LogP contribution in [0.1, 0.15) is 61.4 Å². The van der Waals surface area contributed by atoms with Crippen LogP contribution < -0.4 is 5.32 Å². The first-order valence-corrected chi connectivity index (χ1v) is 16.3. The Hall–Kier alpha value is -4.82. The van der Waals surface area contributed by atoms with Crippen LogP contribution in [0.2, 0.25) is 5.02 Å². The summed E-state index contributed by atoms with van der Waals surface area (Å²) in [6.07, 6.45) is 4.87. The first-order valence-electron chi connectivity index (χ1n) is 16.0. The third-order valence-corrected chi connectivity index (χ3v) is 8.71. The number of hydrogen-bond donors (Lipinski definition) is 1. The average Bonchev–Trinajstić information content (AvgIpc) is 3.49. The van der Waals surface area contributed by atoms with Gasteiger partial charge in [0.05, 0.1) is 65.5 Å². The molecule has 0 spiro atoms. The number of hydrogen-bond acceptors (Lipinski definition) is 9. The Morgan fingerprint density at radius 3 is 2.69 bits per heavy atom. The van der Waals surface area contributed by atoms with E-state index >= 15 is 0 Å². The van der Waals surface area contributed by atoms with Gasteiger partial charge in [0.2, 0.25) is 5.82 Å². The summed E-state index contributed by atoms with van der Waals surface area (Å²) >= 11 is 6.49. The summed E-state index contributed by atoms with van der Waals surface area (Å²) in [5.74, 6) is 0.111. The van der Waals surface area contributed by atoms with Crippen LogP contribution in [0.3, 0.4) is 0 Å². The lowest BCUT2D eigenvalue weighted by Crippen LogP contribution is -2.48. The maximum atomic E-state index is 13.6. The number of tetrazole rings is 1. The quantitative estimate of drug-likeness (QED) is 0.242. The molecule has 250 valence electrons. The second-order valence-corrected chi connectivity index (χ2v) is 13.7. The van der Waals surface area contributed by atoms with Crippen LogP contribution in [-0.4, -0.2) is 87.9 Å². The number of nitrogens with one attached hydrogen (secondary N) is 1. The highest BCUT2D eigenvalue weighted by Crippen LogP contribution is 2.34. The van der Waals surface area contributed by atoms with E-state index in [-0.39, 0.29) is 18.1 Å². The number of carbonyl (C=O) groups is 2. The Morgan fingerprint density at radius 1 is 1.10 bits per heavy atom. The molecule has 7 rings (SSSR count). The van der Waals surface area contributed by atoms with Crippen LogP contribution in [0.4, 0.5) is 10.5 Å². The molecule has 2 aliphatic rings. The van der Waals surface area contributed by atoms with E-state index in [1.54, 1.807) is 32.4 Å². The maximum absolute atomic E-state index is 13.6. The summed E-state index contributed by atoms with van der Waals surface area (Å²) < 4.78 is 15.1. The normalized spacial score (nSPS) is 16.8. The number of halogens is 1. The SMILES string of the molecule is Cc1nn(C[C@H]2CN(C(=O)OC(C)(C)C)CCO2)c(C)c1-c1ccn2ncc(C(=O)Nc3cc(-c4nnn(C5CC5)n4)ccc3Cl)c2c1. The zero-order chi connectivity index (χ0) is 33.7. The van der Waals surface area contributed by atoms with Gasteiger partial charge in [0.25, 0.3) is 5.91 Å². The smallest absolute Gasteiger partial charge is 0.410 e. The molecule has 0 bridgehead atoms. The zero-order valence-corrected chi connectivity index (χ0v) is 28.2. The van der Waals surface area contributed by atoms with Crippen LogP contribution in [0.15, 0.2) is 42.7 Å². The number of fused-ring (bicyclic) bond motifs is 1. The Balaban J connectivity index is 1.10. The Bertz CT molecular complexity index is 2020. The van der Waals surface area contributed by atoms with Crippen molar-refractivity contribution in [1.29, 1.82) is 0 Å². The summed E-state index contributed by atoms with van der Waals surface area (Å²) in [6.45, 7) is 11.3. The van der Waals surface area contributed by atoms with Gasteiger partial charge in [-0.05, 0) is 88.6 Å². The maximum Gasteiger partial charge on any atom is 0.410 e. The molecule has 1 aliphatic carbocycles. The minimum absolute atomic E-state index is 0.240. The Morgan fingerprint density at radius 2 is 1.92 bits per heavy atom. The van der Waals surface area contributed by atoms with Crippen LogP contribution in [-0.2, 0) is 16.0 Å². The van der Waals surface area contributed by atoms with Crippen molar-refractivity contribution < 1.29 is 19.1 Å². The number of aryl methyl sites for hydroxylation is 1. The topological polar surface area (TPSA) is 147 Å². The van der Waals surface area contributed by atoms with Crippen LogP contribution >= 0.6 is 11.6 Å². The van der Waals surface area contributed by atoms with Crippen molar-refractivity contribution in [3.8, 4) is 22.5 Å². The molecule has 0 unspecified atom stereocenters. The monoisotopic (exact) mass is 672 g/mol. The van der Waals surface area contributed by atoms with Crippen LogP contribution in [0.25, 0.3) is 28.0 Å². The molecule has 0 radical (unpaired) electrons. The van der Waals surface area contributed by atoms with Crippen molar-refractivity contribution in [2.75, 3.05) is 25.0 Å². The van der Waals surface area contributed by atoms with E-state index in [1.807, 2.05) is 57.6 Å². The zero-order valence-electron chi connectivity index (χ0n) is 27.5. The van der Waals surface area contributed by atoms with E-state index in [0.717, 1.165) is 35.4 Å². The standard InChI is InChI=1S/C33H37ClN10O4/c1-19-29(20(2)43(38-19)18-24-17-41(12-13-47-24)32(46)48-33(3,4)5)21-10-11-42-28(15-21)25(16-35-42)31(45)36-27-14-22(6-9-26(27)34)30-37-40-44(39-30)23-7-8-23/h6,9-11,14-16,23-24H,7-8,12-13,17-18H2,1-5H3,(H,36,45)/t24-/m1/s1. The van der Waals surface area contributed by atoms with E-state index in [9.17, 15) is 9.59 Å². The minimum atomic E-state index is -0.569. The summed E-state index contributed by atoms with van der Waals surface area (Å²) in [7, 11) is 0. The molecule has 1 aliphatic heterocycles. The molecular formula is C33H37ClN10O4. The third kappa shape index (κ3) is 6.49. The van der Waals surface area contributed by atoms with Crippen LogP contribution in [0, 0.1) is 13.8 Å². The molecule has 15 heteroatoms. The Labute approximate surface area is 281 Å². The van der Waals surface area contributed by atoms with Crippen molar-refractivity contribution in [1.82, 2.24) is 44.5 Å². The Kier molecular flexibility index (Phi) is 8.16. The van der Waals surface area contributed by atoms with Crippen molar-refractivity contribution >= 4 is 34.8 Å². The number of pyridine rings is 1. The van der Waals surface area contributed by atoms with Crippen LogP contribution in [0.5, 0.6) is 0 Å². The number of carbonyl (C=O) groups excluding carboxylic acids is 2. The minimum Gasteiger partial charge on any atom is -0.444 e. The fraction of sp³-hybridized carbons (Fsp3) is 0.424. The molecule has 4 aromatic heterocycles. The average molecular weight is 673 g/mol. The third-order valence-electron chi connectivity index (χ3n) is 8.38. The fourth-order valence-corrected chi connectivity index (χ4v) is 6.03. The molecule has 1 N–H and O–H groups in total. The molecule has 5 aromatic rings. The fourth-order valence-electron chi connectivity index (χ4n) is 5.87. The lowest BCUT2D eigenvalue weighted by atomic mass is 10.0. The van der Waals surface area contributed by atoms with E-state index in [4.69, 9.17) is 26.2 Å². The molecular weight excluding hydrogens is 636 g/mol. The molecule has 1 saturated carbocycles. The van der Waals surface area contributed by atoms with Gasteiger partial charge in [-0.1, -0.05) is 11.6 Å². The number of benzene rings is 1. The molecule has 1 aromatic carbocycles. The molecule has 14 nitrogen and oxygen atoms in total. The van der Waals surface area contributed by atoms with Gasteiger partial charge < -0.3 is 19.7 Å². The van der Waals surface area contributed by atoms with Crippen molar-refractivity contribution in [2.45, 2.75) is 71.8 Å². The molecule has 2 fully saturated rings. The summed E-state index contributed by atoms with van der Waals surface area (Å²) in [5.41, 5.74) is 5.19. The van der Waals surface area contributed by atoms with E-state index < -0.39 is 5.60 Å². The van der Waals surface area contributed by atoms with E-state index in [0.29, 0.717) is 65.5 Å². The van der Waals surface area contributed by atoms with Gasteiger partial charge in [-0.15, -0.1) is 10.2 Å². The molecule has 2 amide bonds. The number of ether oxygens (including phenoxy) is 2. The number of anilines is 1. The van der Waals surface area contributed by atoms with Crippen molar-refractivity contribution in [3.63, 3.8) is 0 Å². The summed E-state index contributed by atoms with van der Waals surface area (Å²) in [5, 5.41) is 25.4. The number of amides is 2. The highest BCUT2D eigenvalue weighted by atomic mass is 35.5. The van der Waals surface area contributed by atoms with Gasteiger partial charge in [0, 0.05) is 29.6 Å². The van der Waals surface area contributed by atoms with Gasteiger partial charge in [-0.3, -0.25) is 9.48 Å². The number of rotatable bonds is 7. The lowest BCUT2D eigenvalue weighted by Gasteiger charge is -2.34. The predicted molar refractivity (Wildman–Crippen MR) is 178 cm³/mol. The van der Waals surface area contributed by atoms with E-state index in [1.165, 1.54) is 6.20 Å². The largest absolute Gasteiger partial charge is 0.444 e. The molecule has 48 heavy (non-hydrogen) atoms.